The molecule has 0 saturated carbocycles. The Labute approximate surface area is 117 Å². The van der Waals surface area contributed by atoms with Crippen LogP contribution in [0.5, 0.6) is 0 Å². The molecule has 19 heavy (non-hydrogen) atoms. The summed E-state index contributed by atoms with van der Waals surface area (Å²) in [6.45, 7) is 4.80. The third-order valence-electron chi connectivity index (χ3n) is 2.56. The average molecular weight is 284 g/mol. The molecule has 0 fully saturated rings. The van der Waals surface area contributed by atoms with Gasteiger partial charge in [0.15, 0.2) is 0 Å². The van der Waals surface area contributed by atoms with Crippen molar-refractivity contribution in [3.63, 3.8) is 0 Å². The van der Waals surface area contributed by atoms with Gasteiger partial charge in [0.25, 0.3) is 11.8 Å². The minimum Gasteiger partial charge on any atom is -0.354 e. The molecule has 0 aliphatic carbocycles. The lowest BCUT2D eigenvalue weighted by atomic mass is 10.3. The first kappa shape index (κ1) is 15.8. The Balaban J connectivity index is 2.07. The number of rotatable bonds is 8. The van der Waals surface area contributed by atoms with E-state index in [9.17, 15) is 14.4 Å². The highest BCUT2D eigenvalue weighted by Gasteiger charge is 2.22. The van der Waals surface area contributed by atoms with E-state index in [0.717, 1.165) is 17.1 Å². The molecule has 1 rings (SSSR count). The number of amides is 3. The first-order chi connectivity index (χ1) is 9.00. The number of carbonyl (C=O) groups is 3. The molecule has 5 nitrogen and oxygen atoms in total. The second kappa shape index (κ2) is 7.99. The van der Waals surface area contributed by atoms with Gasteiger partial charge in [-0.15, -0.1) is 0 Å². The van der Waals surface area contributed by atoms with Gasteiger partial charge in [0.2, 0.25) is 5.91 Å². The van der Waals surface area contributed by atoms with Gasteiger partial charge in [-0.2, -0.15) is 11.8 Å². The highest BCUT2D eigenvalue weighted by atomic mass is 32.2. The minimum atomic E-state index is -0.312. The van der Waals surface area contributed by atoms with Gasteiger partial charge in [0.05, 0.1) is 0 Å². The van der Waals surface area contributed by atoms with Crippen LogP contribution in [0.2, 0.25) is 0 Å². The second-order valence-corrected chi connectivity index (χ2v) is 6.22. The summed E-state index contributed by atoms with van der Waals surface area (Å²) in [5, 5.41) is 3.30. The molecule has 1 aliphatic rings. The zero-order chi connectivity index (χ0) is 14.3. The van der Waals surface area contributed by atoms with Crippen molar-refractivity contribution in [2.45, 2.75) is 31.9 Å². The van der Waals surface area contributed by atoms with Crippen molar-refractivity contribution >= 4 is 29.5 Å². The SMILES string of the molecule is CC(C)SCCCC(=O)NCCN1C(=O)C=CC1=O. The third kappa shape index (κ3) is 5.92. The van der Waals surface area contributed by atoms with Crippen molar-refractivity contribution in [2.75, 3.05) is 18.8 Å². The lowest BCUT2D eigenvalue weighted by molar-refractivity contribution is -0.137. The smallest absolute Gasteiger partial charge is 0.253 e. The van der Waals surface area contributed by atoms with Gasteiger partial charge in [-0.05, 0) is 17.4 Å². The fourth-order valence-corrected chi connectivity index (χ4v) is 2.38. The number of thioether (sulfide) groups is 1. The maximum atomic E-state index is 11.5. The molecule has 0 unspecified atom stereocenters. The number of hydrogen-bond donors (Lipinski definition) is 1. The largest absolute Gasteiger partial charge is 0.354 e. The summed E-state index contributed by atoms with van der Waals surface area (Å²) in [6.07, 6.45) is 3.82. The van der Waals surface area contributed by atoms with E-state index < -0.39 is 0 Å². The Morgan fingerprint density at radius 1 is 1.32 bits per heavy atom. The lowest BCUT2D eigenvalue weighted by Gasteiger charge is -2.14. The van der Waals surface area contributed by atoms with Crippen LogP contribution < -0.4 is 5.32 Å². The third-order valence-corrected chi connectivity index (χ3v) is 3.75. The second-order valence-electron chi connectivity index (χ2n) is 4.53. The number of imide groups is 1. The van der Waals surface area contributed by atoms with Crippen LogP contribution in [0.4, 0.5) is 0 Å². The van der Waals surface area contributed by atoms with Crippen molar-refractivity contribution in [3.8, 4) is 0 Å². The first-order valence-corrected chi connectivity index (χ1v) is 7.47. The van der Waals surface area contributed by atoms with E-state index in [2.05, 4.69) is 19.2 Å². The van der Waals surface area contributed by atoms with Crippen LogP contribution >= 0.6 is 11.8 Å². The number of hydrogen-bond acceptors (Lipinski definition) is 4. The molecule has 0 saturated heterocycles. The van der Waals surface area contributed by atoms with E-state index in [1.807, 2.05) is 11.8 Å². The van der Waals surface area contributed by atoms with E-state index in [4.69, 9.17) is 0 Å². The van der Waals surface area contributed by atoms with Gasteiger partial charge in [0.1, 0.15) is 0 Å². The number of nitrogens with zero attached hydrogens (tertiary/aromatic N) is 1. The standard InChI is InChI=1S/C13H20N2O3S/c1-10(2)19-9-3-4-11(16)14-7-8-15-12(17)5-6-13(15)18/h5-6,10H,3-4,7-9H2,1-2H3,(H,14,16). The van der Waals surface area contributed by atoms with Crippen LogP contribution in [-0.2, 0) is 14.4 Å². The molecule has 106 valence electrons. The lowest BCUT2D eigenvalue weighted by Crippen LogP contribution is -2.38. The molecule has 0 radical (unpaired) electrons. The van der Waals surface area contributed by atoms with E-state index >= 15 is 0 Å². The summed E-state index contributed by atoms with van der Waals surface area (Å²) in [4.78, 5) is 35.1. The summed E-state index contributed by atoms with van der Waals surface area (Å²) in [5.41, 5.74) is 0. The van der Waals surface area contributed by atoms with Crippen LogP contribution in [0.3, 0.4) is 0 Å². The Morgan fingerprint density at radius 3 is 2.53 bits per heavy atom. The predicted molar refractivity (Wildman–Crippen MR) is 75.7 cm³/mol. The zero-order valence-electron chi connectivity index (χ0n) is 11.3. The molecule has 1 heterocycles. The molecular weight excluding hydrogens is 264 g/mol. The molecule has 0 aromatic rings. The number of carbonyl (C=O) groups excluding carboxylic acids is 3. The maximum absolute atomic E-state index is 11.5. The molecule has 0 bridgehead atoms. The molecule has 6 heteroatoms. The summed E-state index contributed by atoms with van der Waals surface area (Å²) in [5.74, 6) is 0.314. The predicted octanol–water partition coefficient (Wildman–Crippen LogP) is 0.949. The van der Waals surface area contributed by atoms with Crippen LogP contribution in [0.25, 0.3) is 0 Å². The van der Waals surface area contributed by atoms with Gasteiger partial charge in [-0.25, -0.2) is 0 Å². The van der Waals surface area contributed by atoms with Crippen LogP contribution in [0.1, 0.15) is 26.7 Å². The normalized spacial score (nSPS) is 14.6. The van der Waals surface area contributed by atoms with E-state index in [0.29, 0.717) is 18.2 Å². The molecule has 0 aromatic carbocycles. The van der Waals surface area contributed by atoms with Gasteiger partial charge in [-0.3, -0.25) is 19.3 Å². The molecular formula is C13H20N2O3S. The fourth-order valence-electron chi connectivity index (χ4n) is 1.60. The van der Waals surface area contributed by atoms with Gasteiger partial charge >= 0.3 is 0 Å². The Kier molecular flexibility index (Phi) is 6.62. The Hall–Kier alpha value is -1.30. The number of nitrogens with one attached hydrogen (secondary N) is 1. The van der Waals surface area contributed by atoms with Gasteiger partial charge < -0.3 is 5.32 Å². The summed E-state index contributed by atoms with van der Waals surface area (Å²) < 4.78 is 0. The topological polar surface area (TPSA) is 66.5 Å². The van der Waals surface area contributed by atoms with Gasteiger partial charge in [0, 0.05) is 31.7 Å². The van der Waals surface area contributed by atoms with Crippen molar-refractivity contribution in [3.05, 3.63) is 12.2 Å². The first-order valence-electron chi connectivity index (χ1n) is 6.42. The van der Waals surface area contributed by atoms with Crippen molar-refractivity contribution < 1.29 is 14.4 Å². The molecule has 0 atom stereocenters. The van der Waals surface area contributed by atoms with Crippen LogP contribution in [0.15, 0.2) is 12.2 Å². The highest BCUT2D eigenvalue weighted by Crippen LogP contribution is 2.11. The Morgan fingerprint density at radius 2 is 1.95 bits per heavy atom. The molecule has 0 spiro atoms. The average Bonchev–Trinajstić information content (AvgIpc) is 2.66. The summed E-state index contributed by atoms with van der Waals surface area (Å²) in [6, 6.07) is 0. The van der Waals surface area contributed by atoms with E-state index in [-0.39, 0.29) is 24.3 Å². The monoisotopic (exact) mass is 284 g/mol. The minimum absolute atomic E-state index is 0.0311. The van der Waals surface area contributed by atoms with Gasteiger partial charge in [-0.1, -0.05) is 13.8 Å². The Bertz CT molecular complexity index is 362. The molecule has 1 aliphatic heterocycles. The quantitative estimate of drug-likeness (QED) is 0.532. The molecule has 0 aromatic heterocycles. The van der Waals surface area contributed by atoms with Crippen LogP contribution in [0, 0.1) is 0 Å². The zero-order valence-corrected chi connectivity index (χ0v) is 12.2. The molecule has 1 N–H and O–H groups in total. The summed E-state index contributed by atoms with van der Waals surface area (Å²) >= 11 is 1.83. The van der Waals surface area contributed by atoms with Crippen molar-refractivity contribution in [1.82, 2.24) is 10.2 Å². The van der Waals surface area contributed by atoms with Crippen molar-refractivity contribution in [2.24, 2.45) is 0 Å². The van der Waals surface area contributed by atoms with E-state index in [1.54, 1.807) is 0 Å². The van der Waals surface area contributed by atoms with Crippen molar-refractivity contribution in [1.29, 1.82) is 0 Å². The fraction of sp³-hybridized carbons (Fsp3) is 0.615. The maximum Gasteiger partial charge on any atom is 0.253 e. The van der Waals surface area contributed by atoms with E-state index in [1.165, 1.54) is 12.2 Å². The highest BCUT2D eigenvalue weighted by molar-refractivity contribution is 7.99. The summed E-state index contributed by atoms with van der Waals surface area (Å²) in [7, 11) is 0. The molecule has 3 amide bonds. The van der Waals surface area contributed by atoms with Crippen LogP contribution in [-0.4, -0.2) is 46.7 Å².